The Morgan fingerprint density at radius 3 is 3.16 bits per heavy atom. The van der Waals surface area contributed by atoms with E-state index in [0.717, 1.165) is 16.6 Å². The number of anilines is 1. The molecule has 0 bridgehead atoms. The first-order chi connectivity index (χ1) is 9.24. The van der Waals surface area contributed by atoms with Crippen molar-refractivity contribution in [3.63, 3.8) is 0 Å². The van der Waals surface area contributed by atoms with Crippen LogP contribution < -0.4 is 5.32 Å². The summed E-state index contributed by atoms with van der Waals surface area (Å²) in [6.07, 6.45) is 2.97. The number of aromatic carboxylic acids is 1. The topological polar surface area (TPSA) is 91.1 Å². The van der Waals surface area contributed by atoms with Gasteiger partial charge in [0.15, 0.2) is 0 Å². The monoisotopic (exact) mass is 257 g/mol. The Hall–Kier alpha value is -2.76. The van der Waals surface area contributed by atoms with Gasteiger partial charge in [-0.1, -0.05) is 6.07 Å². The molecular formula is C13H11N3O3. The molecule has 0 saturated heterocycles. The lowest BCUT2D eigenvalue weighted by molar-refractivity contribution is 0.0696. The van der Waals surface area contributed by atoms with Crippen LogP contribution in [0, 0.1) is 0 Å². The second kappa shape index (κ2) is 4.49. The predicted octanol–water partition coefficient (Wildman–Crippen LogP) is 2.47. The van der Waals surface area contributed by atoms with E-state index in [1.54, 1.807) is 6.20 Å². The third-order valence-corrected chi connectivity index (χ3v) is 2.84. The van der Waals surface area contributed by atoms with Crippen LogP contribution in [0.15, 0.2) is 41.1 Å². The summed E-state index contributed by atoms with van der Waals surface area (Å²) in [7, 11) is 0. The third-order valence-electron chi connectivity index (χ3n) is 2.84. The van der Waals surface area contributed by atoms with Crippen LogP contribution in [0.4, 0.5) is 5.69 Å². The van der Waals surface area contributed by atoms with Gasteiger partial charge in [-0.15, -0.1) is 0 Å². The van der Waals surface area contributed by atoms with Gasteiger partial charge in [-0.05, 0) is 18.2 Å². The summed E-state index contributed by atoms with van der Waals surface area (Å²) in [6.45, 7) is 0.414. The Labute approximate surface area is 108 Å². The van der Waals surface area contributed by atoms with Crippen LogP contribution in [-0.2, 0) is 6.54 Å². The summed E-state index contributed by atoms with van der Waals surface area (Å²) >= 11 is 0. The third kappa shape index (κ3) is 2.15. The van der Waals surface area contributed by atoms with E-state index in [1.807, 2.05) is 18.2 Å². The van der Waals surface area contributed by atoms with Crippen molar-refractivity contribution in [1.82, 2.24) is 10.2 Å². The van der Waals surface area contributed by atoms with Crippen LogP contribution in [-0.4, -0.2) is 21.3 Å². The summed E-state index contributed by atoms with van der Waals surface area (Å²) < 4.78 is 5.17. The van der Waals surface area contributed by atoms with Crippen LogP contribution in [0.25, 0.3) is 10.9 Å². The van der Waals surface area contributed by atoms with Crippen LogP contribution in [0.1, 0.15) is 16.1 Å². The molecule has 3 N–H and O–H groups in total. The molecule has 0 radical (unpaired) electrons. The maximum atomic E-state index is 10.7. The summed E-state index contributed by atoms with van der Waals surface area (Å²) in [5, 5.41) is 19.8. The first kappa shape index (κ1) is 11.3. The number of nitrogens with zero attached hydrogens (tertiary/aromatic N) is 1. The molecule has 0 atom stereocenters. The fraction of sp³-hybridized carbons (Fsp3) is 0.0769. The number of furan rings is 1. The highest BCUT2D eigenvalue weighted by atomic mass is 16.4. The molecule has 19 heavy (non-hydrogen) atoms. The number of carboxylic acids is 1. The molecule has 2 aromatic heterocycles. The highest BCUT2D eigenvalue weighted by Crippen LogP contribution is 2.21. The number of hydrogen-bond acceptors (Lipinski definition) is 4. The van der Waals surface area contributed by atoms with E-state index in [9.17, 15) is 4.79 Å². The lowest BCUT2D eigenvalue weighted by Crippen LogP contribution is -1.98. The van der Waals surface area contributed by atoms with Crippen molar-refractivity contribution in [3.05, 3.63) is 48.0 Å². The first-order valence-electron chi connectivity index (χ1n) is 5.71. The van der Waals surface area contributed by atoms with Gasteiger partial charge in [0.05, 0.1) is 23.8 Å². The number of aromatic amines is 1. The quantitative estimate of drug-likeness (QED) is 0.667. The fourth-order valence-electron chi connectivity index (χ4n) is 1.89. The zero-order valence-electron chi connectivity index (χ0n) is 9.88. The SMILES string of the molecule is O=C(O)c1coc(CNc2cccc3[nH]ncc23)c1. The number of H-pyrrole nitrogens is 1. The molecule has 0 unspecified atom stereocenters. The molecule has 0 aliphatic carbocycles. The number of aromatic nitrogens is 2. The maximum absolute atomic E-state index is 10.7. The molecule has 0 fully saturated rings. The molecule has 2 heterocycles. The Morgan fingerprint density at radius 1 is 1.47 bits per heavy atom. The molecule has 6 heteroatoms. The Kier molecular flexibility index (Phi) is 2.68. The fourth-order valence-corrected chi connectivity index (χ4v) is 1.89. The molecule has 3 aromatic rings. The van der Waals surface area contributed by atoms with Gasteiger partial charge < -0.3 is 14.8 Å². The minimum atomic E-state index is -0.994. The van der Waals surface area contributed by atoms with Gasteiger partial charge in [-0.2, -0.15) is 5.10 Å². The van der Waals surface area contributed by atoms with Crippen molar-refractivity contribution in [3.8, 4) is 0 Å². The van der Waals surface area contributed by atoms with E-state index in [0.29, 0.717) is 12.3 Å². The van der Waals surface area contributed by atoms with Crippen molar-refractivity contribution >= 4 is 22.6 Å². The van der Waals surface area contributed by atoms with Crippen molar-refractivity contribution < 1.29 is 14.3 Å². The Balaban J connectivity index is 1.78. The van der Waals surface area contributed by atoms with Crippen LogP contribution in [0.2, 0.25) is 0 Å². The largest absolute Gasteiger partial charge is 0.478 e. The second-order valence-electron chi connectivity index (χ2n) is 4.10. The van der Waals surface area contributed by atoms with Crippen molar-refractivity contribution in [2.24, 2.45) is 0 Å². The summed E-state index contributed by atoms with van der Waals surface area (Å²) in [5.41, 5.74) is 2.01. The smallest absolute Gasteiger partial charge is 0.338 e. The molecule has 0 saturated carbocycles. The van der Waals surface area contributed by atoms with Gasteiger partial charge in [-0.3, -0.25) is 5.10 Å². The first-order valence-corrected chi connectivity index (χ1v) is 5.71. The highest BCUT2D eigenvalue weighted by molar-refractivity contribution is 5.91. The summed E-state index contributed by atoms with van der Waals surface area (Å²) in [5.74, 6) is -0.426. The molecular weight excluding hydrogens is 246 g/mol. The average molecular weight is 257 g/mol. The van der Waals surface area contributed by atoms with Crippen molar-refractivity contribution in [2.75, 3.05) is 5.32 Å². The van der Waals surface area contributed by atoms with Crippen molar-refractivity contribution in [1.29, 1.82) is 0 Å². The maximum Gasteiger partial charge on any atom is 0.338 e. The molecule has 0 aliphatic heterocycles. The lowest BCUT2D eigenvalue weighted by atomic mass is 10.2. The molecule has 0 amide bonds. The lowest BCUT2D eigenvalue weighted by Gasteiger charge is -2.05. The summed E-state index contributed by atoms with van der Waals surface area (Å²) in [4.78, 5) is 10.7. The minimum Gasteiger partial charge on any atom is -0.478 e. The second-order valence-corrected chi connectivity index (χ2v) is 4.10. The zero-order chi connectivity index (χ0) is 13.2. The van der Waals surface area contributed by atoms with E-state index in [2.05, 4.69) is 15.5 Å². The molecule has 0 spiro atoms. The van der Waals surface area contributed by atoms with E-state index < -0.39 is 5.97 Å². The van der Waals surface area contributed by atoms with E-state index in [4.69, 9.17) is 9.52 Å². The molecule has 3 rings (SSSR count). The normalized spacial score (nSPS) is 10.7. The van der Waals surface area contributed by atoms with Crippen LogP contribution >= 0.6 is 0 Å². The highest BCUT2D eigenvalue weighted by Gasteiger charge is 2.08. The molecule has 0 aliphatic rings. The Bertz CT molecular complexity index is 729. The standard InChI is InChI=1S/C13H11N3O3/c17-13(18)8-4-9(19-7-8)5-14-11-2-1-3-12-10(11)6-15-16-12/h1-4,6-7,14H,5H2,(H,15,16)(H,17,18). The number of carbonyl (C=O) groups is 1. The number of benzene rings is 1. The number of rotatable bonds is 4. The number of carboxylic acid groups (broad SMARTS) is 1. The zero-order valence-corrected chi connectivity index (χ0v) is 9.88. The number of nitrogens with one attached hydrogen (secondary N) is 2. The molecule has 1 aromatic carbocycles. The van der Waals surface area contributed by atoms with Gasteiger partial charge in [0.2, 0.25) is 0 Å². The molecule has 96 valence electrons. The van der Waals surface area contributed by atoms with Gasteiger partial charge in [0.1, 0.15) is 12.0 Å². The van der Waals surface area contributed by atoms with E-state index in [1.165, 1.54) is 12.3 Å². The van der Waals surface area contributed by atoms with Crippen molar-refractivity contribution in [2.45, 2.75) is 6.54 Å². The summed E-state index contributed by atoms with van der Waals surface area (Å²) in [6, 6.07) is 7.28. The minimum absolute atomic E-state index is 0.151. The van der Waals surface area contributed by atoms with Gasteiger partial charge in [-0.25, -0.2) is 4.79 Å². The van der Waals surface area contributed by atoms with Gasteiger partial charge >= 0.3 is 5.97 Å². The van der Waals surface area contributed by atoms with E-state index in [-0.39, 0.29) is 5.56 Å². The predicted molar refractivity (Wildman–Crippen MR) is 69.1 cm³/mol. The Morgan fingerprint density at radius 2 is 2.37 bits per heavy atom. The van der Waals surface area contributed by atoms with Crippen LogP contribution in [0.5, 0.6) is 0 Å². The van der Waals surface area contributed by atoms with Crippen LogP contribution in [0.3, 0.4) is 0 Å². The number of hydrogen-bond donors (Lipinski definition) is 3. The average Bonchev–Trinajstić information content (AvgIpc) is 3.05. The van der Waals surface area contributed by atoms with Gasteiger partial charge in [0.25, 0.3) is 0 Å². The molecule has 6 nitrogen and oxygen atoms in total. The van der Waals surface area contributed by atoms with Gasteiger partial charge in [0, 0.05) is 11.1 Å². The number of fused-ring (bicyclic) bond motifs is 1. The van der Waals surface area contributed by atoms with E-state index >= 15 is 0 Å².